The molecule has 1 aromatic heterocycles. The smallest absolute Gasteiger partial charge is 0.141 e. The predicted octanol–water partition coefficient (Wildman–Crippen LogP) is 3.11. The van der Waals surface area contributed by atoms with E-state index in [0.717, 1.165) is 16.0 Å². The average Bonchev–Trinajstić information content (AvgIpc) is 2.86. The first-order chi connectivity index (χ1) is 8.18. The maximum Gasteiger partial charge on any atom is 0.141 e. The predicted molar refractivity (Wildman–Crippen MR) is 76.0 cm³/mol. The zero-order valence-electron chi connectivity index (χ0n) is 10.4. The summed E-state index contributed by atoms with van der Waals surface area (Å²) in [6.45, 7) is 4.49. The van der Waals surface area contributed by atoms with Crippen molar-refractivity contribution in [3.8, 4) is 0 Å². The molecule has 0 saturated carbocycles. The van der Waals surface area contributed by atoms with E-state index in [2.05, 4.69) is 44.2 Å². The molecule has 1 aliphatic carbocycles. The van der Waals surface area contributed by atoms with E-state index in [9.17, 15) is 0 Å². The number of hydrogen-bond acceptors (Lipinski definition) is 1. The third kappa shape index (κ3) is 1.52. The highest BCUT2D eigenvalue weighted by atomic mass is 28.1. The SMILES string of the molecule is CC1=CC(c2occ3ccccc23)=C([SiH3])C1C. The molecule has 1 atom stereocenters. The number of benzene rings is 1. The van der Waals surface area contributed by atoms with Crippen LogP contribution < -0.4 is 0 Å². The van der Waals surface area contributed by atoms with Gasteiger partial charge in [0.25, 0.3) is 0 Å². The van der Waals surface area contributed by atoms with Gasteiger partial charge >= 0.3 is 0 Å². The molecule has 2 heteroatoms. The average molecular weight is 240 g/mol. The van der Waals surface area contributed by atoms with Crippen molar-refractivity contribution in [3.63, 3.8) is 0 Å². The van der Waals surface area contributed by atoms with Crippen molar-refractivity contribution in [1.29, 1.82) is 0 Å². The molecule has 0 fully saturated rings. The van der Waals surface area contributed by atoms with Crippen LogP contribution in [-0.4, -0.2) is 10.2 Å². The quantitative estimate of drug-likeness (QED) is 0.698. The monoisotopic (exact) mass is 240 g/mol. The van der Waals surface area contributed by atoms with Crippen LogP contribution in [0.1, 0.15) is 19.6 Å². The molecule has 1 aromatic carbocycles. The van der Waals surface area contributed by atoms with Crippen LogP contribution in [0.3, 0.4) is 0 Å². The van der Waals surface area contributed by atoms with E-state index in [1.54, 1.807) is 5.20 Å². The maximum atomic E-state index is 5.79. The van der Waals surface area contributed by atoms with Crippen LogP contribution in [0.2, 0.25) is 0 Å². The van der Waals surface area contributed by atoms with Crippen LogP contribution in [0.4, 0.5) is 0 Å². The Morgan fingerprint density at radius 1 is 1.24 bits per heavy atom. The van der Waals surface area contributed by atoms with Gasteiger partial charge in [-0.05, 0) is 12.8 Å². The molecular weight excluding hydrogens is 224 g/mol. The molecule has 0 radical (unpaired) electrons. The number of rotatable bonds is 1. The molecule has 0 spiro atoms. The Labute approximate surface area is 104 Å². The summed E-state index contributed by atoms with van der Waals surface area (Å²) >= 11 is 0. The fourth-order valence-corrected chi connectivity index (χ4v) is 3.31. The largest absolute Gasteiger partial charge is 0.463 e. The molecule has 1 nitrogen and oxygen atoms in total. The van der Waals surface area contributed by atoms with Crippen LogP contribution in [0.5, 0.6) is 0 Å². The summed E-state index contributed by atoms with van der Waals surface area (Å²) in [6, 6.07) is 8.37. The van der Waals surface area contributed by atoms with Gasteiger partial charge in [0.2, 0.25) is 0 Å². The lowest BCUT2D eigenvalue weighted by atomic mass is 10.1. The summed E-state index contributed by atoms with van der Waals surface area (Å²) < 4.78 is 5.79. The minimum atomic E-state index is 0.598. The Balaban J connectivity index is 2.24. The van der Waals surface area contributed by atoms with Crippen LogP contribution in [0.25, 0.3) is 16.3 Å². The van der Waals surface area contributed by atoms with E-state index >= 15 is 0 Å². The molecule has 86 valence electrons. The lowest BCUT2D eigenvalue weighted by Gasteiger charge is -2.06. The van der Waals surface area contributed by atoms with Gasteiger partial charge in [-0.1, -0.05) is 48.0 Å². The zero-order chi connectivity index (χ0) is 12.0. The summed E-state index contributed by atoms with van der Waals surface area (Å²) in [7, 11) is 1.10. The topological polar surface area (TPSA) is 13.1 Å². The van der Waals surface area contributed by atoms with Crippen molar-refractivity contribution >= 4 is 26.6 Å². The van der Waals surface area contributed by atoms with Gasteiger partial charge < -0.3 is 4.42 Å². The van der Waals surface area contributed by atoms with Crippen molar-refractivity contribution in [1.82, 2.24) is 0 Å². The van der Waals surface area contributed by atoms with E-state index in [1.807, 2.05) is 6.26 Å². The molecule has 1 heterocycles. The number of allylic oxidation sites excluding steroid dienone is 4. The molecule has 0 N–H and O–H groups in total. The lowest BCUT2D eigenvalue weighted by molar-refractivity contribution is 0.559. The molecule has 1 aliphatic rings. The minimum absolute atomic E-state index is 0.598. The fourth-order valence-electron chi connectivity index (χ4n) is 2.49. The van der Waals surface area contributed by atoms with Crippen molar-refractivity contribution in [2.75, 3.05) is 0 Å². The first-order valence-electron chi connectivity index (χ1n) is 6.04. The number of furan rings is 1. The molecule has 1 unspecified atom stereocenters. The molecule has 3 rings (SSSR count). The van der Waals surface area contributed by atoms with Crippen molar-refractivity contribution in [2.45, 2.75) is 13.8 Å². The second kappa shape index (κ2) is 3.74. The summed E-state index contributed by atoms with van der Waals surface area (Å²) in [4.78, 5) is 0. The Bertz CT molecular complexity index is 646. The van der Waals surface area contributed by atoms with Gasteiger partial charge in [0.15, 0.2) is 0 Å². The molecule has 17 heavy (non-hydrogen) atoms. The van der Waals surface area contributed by atoms with Gasteiger partial charge in [0.1, 0.15) is 5.76 Å². The highest BCUT2D eigenvalue weighted by Gasteiger charge is 2.21. The first kappa shape index (κ1) is 10.6. The van der Waals surface area contributed by atoms with Crippen LogP contribution >= 0.6 is 0 Å². The van der Waals surface area contributed by atoms with Crippen molar-refractivity contribution in [2.24, 2.45) is 5.92 Å². The number of hydrogen-bond donors (Lipinski definition) is 0. The molecule has 2 aromatic rings. The van der Waals surface area contributed by atoms with Crippen LogP contribution in [0.15, 0.2) is 51.8 Å². The minimum Gasteiger partial charge on any atom is -0.463 e. The highest BCUT2D eigenvalue weighted by molar-refractivity contribution is 6.28. The van der Waals surface area contributed by atoms with E-state index in [1.165, 1.54) is 21.9 Å². The Morgan fingerprint density at radius 3 is 2.71 bits per heavy atom. The summed E-state index contributed by atoms with van der Waals surface area (Å²) in [5.41, 5.74) is 2.77. The van der Waals surface area contributed by atoms with Gasteiger partial charge in [-0.2, -0.15) is 0 Å². The van der Waals surface area contributed by atoms with Crippen molar-refractivity contribution < 1.29 is 4.42 Å². The zero-order valence-corrected chi connectivity index (χ0v) is 12.4. The third-order valence-electron chi connectivity index (χ3n) is 3.88. The van der Waals surface area contributed by atoms with Gasteiger partial charge in [0, 0.05) is 26.6 Å². The Kier molecular flexibility index (Phi) is 2.33. The second-order valence-electron chi connectivity index (χ2n) is 4.86. The van der Waals surface area contributed by atoms with E-state index < -0.39 is 0 Å². The summed E-state index contributed by atoms with van der Waals surface area (Å²) in [5.74, 6) is 1.65. The van der Waals surface area contributed by atoms with E-state index in [4.69, 9.17) is 4.42 Å². The van der Waals surface area contributed by atoms with Gasteiger partial charge in [-0.3, -0.25) is 0 Å². The van der Waals surface area contributed by atoms with Gasteiger partial charge in [0.05, 0.1) is 6.26 Å². The first-order valence-corrected chi connectivity index (χ1v) is 7.04. The summed E-state index contributed by atoms with van der Waals surface area (Å²) in [5, 5.41) is 3.96. The van der Waals surface area contributed by atoms with E-state index in [-0.39, 0.29) is 0 Å². The van der Waals surface area contributed by atoms with Crippen LogP contribution in [0, 0.1) is 5.92 Å². The molecule has 0 bridgehead atoms. The lowest BCUT2D eigenvalue weighted by Crippen LogP contribution is -1.96. The Morgan fingerprint density at radius 2 is 2.00 bits per heavy atom. The normalized spacial score (nSPS) is 20.4. The second-order valence-corrected chi connectivity index (χ2v) is 5.94. The maximum absolute atomic E-state index is 5.79. The van der Waals surface area contributed by atoms with Crippen molar-refractivity contribution in [3.05, 3.63) is 53.1 Å². The number of fused-ring (bicyclic) bond motifs is 1. The third-order valence-corrected chi connectivity index (χ3v) is 5.29. The fraction of sp³-hybridized carbons (Fsp3) is 0.200. The summed E-state index contributed by atoms with van der Waals surface area (Å²) in [6.07, 6.45) is 4.15. The standard InChI is InChI=1S/C15H16OSi/c1-9-7-13(15(17)10(9)2)14-12-6-4-3-5-11(12)8-16-14/h3-8,10H,1-2,17H3. The molecule has 0 saturated heterocycles. The van der Waals surface area contributed by atoms with Crippen LogP contribution in [-0.2, 0) is 0 Å². The molecule has 0 amide bonds. The van der Waals surface area contributed by atoms with E-state index in [0.29, 0.717) is 5.92 Å². The molecular formula is C15H16OSi. The van der Waals surface area contributed by atoms with Gasteiger partial charge in [-0.25, -0.2) is 0 Å². The molecule has 0 aliphatic heterocycles. The highest BCUT2D eigenvalue weighted by Crippen LogP contribution is 2.38. The Hall–Kier alpha value is -1.54. The van der Waals surface area contributed by atoms with Gasteiger partial charge in [-0.15, -0.1) is 0 Å².